The molecule has 0 unspecified atom stereocenters. The van der Waals surface area contributed by atoms with Gasteiger partial charge in [-0.1, -0.05) is 39.0 Å². The first kappa shape index (κ1) is 13.3. The lowest BCUT2D eigenvalue weighted by atomic mass is 9.86. The summed E-state index contributed by atoms with van der Waals surface area (Å²) in [5, 5.41) is 6.37. The van der Waals surface area contributed by atoms with Gasteiger partial charge in [0.15, 0.2) is 0 Å². The predicted molar refractivity (Wildman–Crippen MR) is 80.0 cm³/mol. The topological polar surface area (TPSA) is 49.8 Å². The zero-order valence-corrected chi connectivity index (χ0v) is 11.9. The Hall–Kier alpha value is -2.10. The van der Waals surface area contributed by atoms with E-state index in [0.29, 0.717) is 0 Å². The molecule has 4 heteroatoms. The van der Waals surface area contributed by atoms with Gasteiger partial charge in [-0.3, -0.25) is 0 Å². The van der Waals surface area contributed by atoms with Gasteiger partial charge in [-0.25, -0.2) is 9.97 Å². The van der Waals surface area contributed by atoms with E-state index in [4.69, 9.17) is 0 Å². The largest absolute Gasteiger partial charge is 0.373 e. The lowest BCUT2D eigenvalue weighted by Crippen LogP contribution is -2.13. The van der Waals surface area contributed by atoms with Crippen LogP contribution in [0.2, 0.25) is 0 Å². The van der Waals surface area contributed by atoms with Crippen LogP contribution in [-0.2, 0) is 5.41 Å². The van der Waals surface area contributed by atoms with Gasteiger partial charge in [0, 0.05) is 18.8 Å². The van der Waals surface area contributed by atoms with Crippen molar-refractivity contribution in [2.45, 2.75) is 26.2 Å². The number of para-hydroxylation sites is 1. The molecular formula is C15H20N4. The van der Waals surface area contributed by atoms with Crippen LogP contribution < -0.4 is 10.6 Å². The minimum Gasteiger partial charge on any atom is -0.373 e. The van der Waals surface area contributed by atoms with Gasteiger partial charge in [0.05, 0.1) is 0 Å². The molecular weight excluding hydrogens is 236 g/mol. The summed E-state index contributed by atoms with van der Waals surface area (Å²) in [6.07, 6.45) is 1.55. The summed E-state index contributed by atoms with van der Waals surface area (Å²) in [7, 11) is 1.84. The van der Waals surface area contributed by atoms with Gasteiger partial charge in [0.1, 0.15) is 18.0 Å². The molecule has 0 fully saturated rings. The Balaban J connectivity index is 2.33. The van der Waals surface area contributed by atoms with Crippen LogP contribution in [0.4, 0.5) is 17.3 Å². The van der Waals surface area contributed by atoms with Crippen molar-refractivity contribution in [3.8, 4) is 0 Å². The van der Waals surface area contributed by atoms with E-state index in [9.17, 15) is 0 Å². The van der Waals surface area contributed by atoms with Gasteiger partial charge >= 0.3 is 0 Å². The monoisotopic (exact) mass is 256 g/mol. The predicted octanol–water partition coefficient (Wildman–Crippen LogP) is 3.56. The van der Waals surface area contributed by atoms with Crippen LogP contribution in [0.25, 0.3) is 0 Å². The minimum atomic E-state index is 0.0858. The summed E-state index contributed by atoms with van der Waals surface area (Å²) in [6, 6.07) is 10.2. The fraction of sp³-hybridized carbons (Fsp3) is 0.333. The maximum absolute atomic E-state index is 4.24. The molecule has 1 heterocycles. The molecule has 0 atom stereocenters. The smallest absolute Gasteiger partial charge is 0.135 e. The van der Waals surface area contributed by atoms with Crippen LogP contribution in [0.3, 0.4) is 0 Å². The van der Waals surface area contributed by atoms with Crippen molar-refractivity contribution in [2.75, 3.05) is 17.7 Å². The molecule has 0 bridgehead atoms. The SMILES string of the molecule is CNc1cc(Nc2ccccc2C(C)(C)C)ncn1. The second-order valence-corrected chi connectivity index (χ2v) is 5.46. The van der Waals surface area contributed by atoms with Crippen LogP contribution in [0.15, 0.2) is 36.7 Å². The van der Waals surface area contributed by atoms with Crippen LogP contribution in [-0.4, -0.2) is 17.0 Å². The molecule has 0 saturated carbocycles. The van der Waals surface area contributed by atoms with Crippen molar-refractivity contribution >= 4 is 17.3 Å². The first-order valence-electron chi connectivity index (χ1n) is 6.37. The maximum atomic E-state index is 4.24. The number of hydrogen-bond donors (Lipinski definition) is 2. The van der Waals surface area contributed by atoms with E-state index in [1.807, 2.05) is 19.2 Å². The average Bonchev–Trinajstić information content (AvgIpc) is 2.38. The van der Waals surface area contributed by atoms with Crippen molar-refractivity contribution < 1.29 is 0 Å². The van der Waals surface area contributed by atoms with Gasteiger partial charge in [-0.05, 0) is 17.0 Å². The van der Waals surface area contributed by atoms with Crippen LogP contribution >= 0.6 is 0 Å². The van der Waals surface area contributed by atoms with Gasteiger partial charge < -0.3 is 10.6 Å². The highest BCUT2D eigenvalue weighted by Crippen LogP contribution is 2.30. The summed E-state index contributed by atoms with van der Waals surface area (Å²) in [6.45, 7) is 6.60. The Morgan fingerprint density at radius 1 is 1.00 bits per heavy atom. The standard InChI is InChI=1S/C15H20N4/c1-15(2,3)11-7-5-6-8-12(11)19-14-9-13(16-4)17-10-18-14/h5-10H,1-4H3,(H2,16,17,18,19). The van der Waals surface area contributed by atoms with Gasteiger partial charge in [-0.15, -0.1) is 0 Å². The second-order valence-electron chi connectivity index (χ2n) is 5.46. The summed E-state index contributed by atoms with van der Waals surface area (Å²) in [4.78, 5) is 8.35. The van der Waals surface area contributed by atoms with Crippen molar-refractivity contribution in [2.24, 2.45) is 0 Å². The van der Waals surface area contributed by atoms with Crippen molar-refractivity contribution in [3.05, 3.63) is 42.2 Å². The normalized spacial score (nSPS) is 11.2. The van der Waals surface area contributed by atoms with E-state index in [0.717, 1.165) is 17.3 Å². The number of rotatable bonds is 3. The molecule has 0 aliphatic rings. The number of nitrogens with one attached hydrogen (secondary N) is 2. The summed E-state index contributed by atoms with van der Waals surface area (Å²) >= 11 is 0. The summed E-state index contributed by atoms with van der Waals surface area (Å²) < 4.78 is 0. The Kier molecular flexibility index (Phi) is 3.69. The molecule has 19 heavy (non-hydrogen) atoms. The molecule has 0 aliphatic carbocycles. The van der Waals surface area contributed by atoms with E-state index < -0.39 is 0 Å². The molecule has 2 aromatic rings. The van der Waals surface area contributed by atoms with Gasteiger partial charge in [0.25, 0.3) is 0 Å². The number of nitrogens with zero attached hydrogens (tertiary/aromatic N) is 2. The quantitative estimate of drug-likeness (QED) is 0.881. The van der Waals surface area contributed by atoms with Crippen LogP contribution in [0.1, 0.15) is 26.3 Å². The fourth-order valence-electron chi connectivity index (χ4n) is 1.95. The first-order chi connectivity index (χ1) is 9.00. The lowest BCUT2D eigenvalue weighted by molar-refractivity contribution is 0.592. The molecule has 2 N–H and O–H groups in total. The van der Waals surface area contributed by atoms with Crippen molar-refractivity contribution in [1.82, 2.24) is 9.97 Å². The summed E-state index contributed by atoms with van der Waals surface area (Å²) in [5.74, 6) is 1.58. The van der Waals surface area contributed by atoms with E-state index >= 15 is 0 Å². The number of hydrogen-bond acceptors (Lipinski definition) is 4. The van der Waals surface area contributed by atoms with Crippen molar-refractivity contribution in [1.29, 1.82) is 0 Å². The highest BCUT2D eigenvalue weighted by atomic mass is 15.1. The van der Waals surface area contributed by atoms with Gasteiger partial charge in [0.2, 0.25) is 0 Å². The second kappa shape index (κ2) is 5.26. The molecule has 2 rings (SSSR count). The molecule has 0 saturated heterocycles. The molecule has 1 aromatic heterocycles. The third-order valence-electron chi connectivity index (χ3n) is 2.92. The van der Waals surface area contributed by atoms with Crippen LogP contribution in [0, 0.1) is 0 Å². The van der Waals surface area contributed by atoms with E-state index in [-0.39, 0.29) is 5.41 Å². The molecule has 0 aliphatic heterocycles. The first-order valence-corrected chi connectivity index (χ1v) is 6.37. The summed E-state index contributed by atoms with van der Waals surface area (Å²) in [5.41, 5.74) is 2.43. The van der Waals surface area contributed by atoms with E-state index in [1.54, 1.807) is 6.33 Å². The average molecular weight is 256 g/mol. The Morgan fingerprint density at radius 2 is 1.68 bits per heavy atom. The third-order valence-corrected chi connectivity index (χ3v) is 2.92. The zero-order valence-electron chi connectivity index (χ0n) is 11.9. The lowest BCUT2D eigenvalue weighted by Gasteiger charge is -2.23. The number of anilines is 3. The number of benzene rings is 1. The number of aromatic nitrogens is 2. The fourth-order valence-corrected chi connectivity index (χ4v) is 1.95. The van der Waals surface area contributed by atoms with Crippen molar-refractivity contribution in [3.63, 3.8) is 0 Å². The van der Waals surface area contributed by atoms with Crippen LogP contribution in [0.5, 0.6) is 0 Å². The Morgan fingerprint density at radius 3 is 2.37 bits per heavy atom. The molecule has 1 aromatic carbocycles. The van der Waals surface area contributed by atoms with Gasteiger partial charge in [-0.2, -0.15) is 0 Å². The van der Waals surface area contributed by atoms with E-state index in [2.05, 4.69) is 59.6 Å². The molecule has 0 radical (unpaired) electrons. The Bertz CT molecular complexity index is 558. The molecule has 0 amide bonds. The molecule has 100 valence electrons. The highest BCUT2D eigenvalue weighted by molar-refractivity contribution is 5.63. The third kappa shape index (κ3) is 3.22. The molecule has 4 nitrogen and oxygen atoms in total. The highest BCUT2D eigenvalue weighted by Gasteiger charge is 2.17. The minimum absolute atomic E-state index is 0.0858. The Labute approximate surface area is 114 Å². The molecule has 0 spiro atoms. The maximum Gasteiger partial charge on any atom is 0.135 e. The zero-order chi connectivity index (χ0) is 13.9. The van der Waals surface area contributed by atoms with E-state index in [1.165, 1.54) is 5.56 Å².